The Hall–Kier alpha value is -0.160. The molecule has 0 aromatic carbocycles. The highest BCUT2D eigenvalue weighted by atomic mass is 79.9. The van der Waals surface area contributed by atoms with Crippen LogP contribution in [0, 0.1) is 0 Å². The van der Waals surface area contributed by atoms with E-state index in [0.717, 1.165) is 6.42 Å². The molecule has 3 aromatic rings. The number of thiophene rings is 3. The van der Waals surface area contributed by atoms with Crippen LogP contribution in [0.2, 0.25) is 0 Å². The Morgan fingerprint density at radius 1 is 1.12 bits per heavy atom. The predicted molar refractivity (Wildman–Crippen MR) is 79.4 cm³/mol. The van der Waals surface area contributed by atoms with Gasteiger partial charge >= 0.3 is 0 Å². The van der Waals surface area contributed by atoms with Crippen LogP contribution in [0.1, 0.15) is 14.6 Å². The summed E-state index contributed by atoms with van der Waals surface area (Å²) in [5, 5.41) is 4.30. The molecule has 0 aliphatic carbocycles. The number of alkyl halides is 1. The van der Waals surface area contributed by atoms with Crippen LogP contribution in [-0.2, 0) is 6.42 Å². The van der Waals surface area contributed by atoms with Gasteiger partial charge in [-0.25, -0.2) is 0 Å². The lowest BCUT2D eigenvalue weighted by atomic mass is 10.2. The van der Waals surface area contributed by atoms with Crippen LogP contribution < -0.4 is 0 Å². The quantitative estimate of drug-likeness (QED) is 0.541. The van der Waals surface area contributed by atoms with Gasteiger partial charge in [0, 0.05) is 19.2 Å². The molecule has 3 aromatic heterocycles. The largest absolute Gasteiger partial charge is 0.149 e. The van der Waals surface area contributed by atoms with E-state index in [4.69, 9.17) is 0 Å². The van der Waals surface area contributed by atoms with Crippen molar-refractivity contribution in [3.05, 3.63) is 44.8 Å². The van der Waals surface area contributed by atoms with Crippen LogP contribution in [0.15, 0.2) is 35.0 Å². The number of hydrogen-bond acceptors (Lipinski definition) is 3. The van der Waals surface area contributed by atoms with Crippen molar-refractivity contribution >= 4 is 59.3 Å². The molecule has 0 radical (unpaired) electrons. The summed E-state index contributed by atoms with van der Waals surface area (Å²) in [6.07, 6.45) is 1.09. The van der Waals surface area contributed by atoms with E-state index in [1.165, 1.54) is 19.2 Å². The molecule has 1 atom stereocenters. The SMILES string of the molecule is BrC(Cc1cccs1)c1cc2sccc2s1. The van der Waals surface area contributed by atoms with Crippen LogP contribution in [0.3, 0.4) is 0 Å². The molecule has 0 saturated heterocycles. The molecule has 0 aliphatic heterocycles. The average Bonchev–Trinajstić information content (AvgIpc) is 2.91. The maximum Gasteiger partial charge on any atom is 0.0538 e. The summed E-state index contributed by atoms with van der Waals surface area (Å²) in [6.45, 7) is 0. The lowest BCUT2D eigenvalue weighted by Crippen LogP contribution is -1.89. The molecular formula is C12H9BrS3. The van der Waals surface area contributed by atoms with E-state index in [-0.39, 0.29) is 0 Å². The summed E-state index contributed by atoms with van der Waals surface area (Å²) >= 11 is 9.35. The number of fused-ring (bicyclic) bond motifs is 1. The fraction of sp³-hybridized carbons (Fsp3) is 0.167. The van der Waals surface area contributed by atoms with E-state index >= 15 is 0 Å². The van der Waals surface area contributed by atoms with E-state index in [9.17, 15) is 0 Å². The van der Waals surface area contributed by atoms with Crippen LogP contribution in [0.25, 0.3) is 9.40 Å². The van der Waals surface area contributed by atoms with E-state index in [1.54, 1.807) is 0 Å². The second kappa shape index (κ2) is 4.61. The monoisotopic (exact) mass is 328 g/mol. The van der Waals surface area contributed by atoms with Crippen LogP contribution in [0.4, 0.5) is 0 Å². The van der Waals surface area contributed by atoms with Crippen molar-refractivity contribution in [2.24, 2.45) is 0 Å². The third-order valence-corrected chi connectivity index (χ3v) is 6.65. The van der Waals surface area contributed by atoms with Gasteiger partial charge in [0.2, 0.25) is 0 Å². The summed E-state index contributed by atoms with van der Waals surface area (Å²) in [4.78, 5) is 3.34. The standard InChI is InChI=1S/C12H9BrS3/c13-9(6-8-2-1-4-14-8)11-7-12-10(16-11)3-5-15-12/h1-5,7,9H,6H2. The minimum absolute atomic E-state index is 0.454. The highest BCUT2D eigenvalue weighted by Crippen LogP contribution is 2.38. The van der Waals surface area contributed by atoms with Crippen LogP contribution in [0.5, 0.6) is 0 Å². The molecular weight excluding hydrogens is 320 g/mol. The molecule has 0 aliphatic rings. The van der Waals surface area contributed by atoms with Crippen molar-refractivity contribution in [1.29, 1.82) is 0 Å². The zero-order chi connectivity index (χ0) is 11.0. The lowest BCUT2D eigenvalue weighted by Gasteiger charge is -2.04. The third-order valence-electron chi connectivity index (χ3n) is 2.43. The Morgan fingerprint density at radius 3 is 2.81 bits per heavy atom. The number of rotatable bonds is 3. The summed E-state index contributed by atoms with van der Waals surface area (Å²) in [6, 6.07) is 8.85. The van der Waals surface area contributed by atoms with E-state index in [0.29, 0.717) is 4.83 Å². The van der Waals surface area contributed by atoms with Crippen LogP contribution >= 0.6 is 49.9 Å². The zero-order valence-corrected chi connectivity index (χ0v) is 12.4. The molecule has 0 fully saturated rings. The molecule has 16 heavy (non-hydrogen) atoms. The van der Waals surface area contributed by atoms with Gasteiger partial charge in [0.15, 0.2) is 0 Å². The normalized spacial score (nSPS) is 13.3. The highest BCUT2D eigenvalue weighted by Gasteiger charge is 2.13. The molecule has 3 heterocycles. The number of halogens is 1. The Labute approximate surface area is 115 Å². The topological polar surface area (TPSA) is 0 Å². The summed E-state index contributed by atoms with van der Waals surface area (Å²) in [5.74, 6) is 0. The van der Waals surface area contributed by atoms with E-state index < -0.39 is 0 Å². The lowest BCUT2D eigenvalue weighted by molar-refractivity contribution is 0.993. The van der Waals surface area contributed by atoms with Gasteiger partial charge in [-0.1, -0.05) is 22.0 Å². The zero-order valence-electron chi connectivity index (χ0n) is 8.35. The maximum absolute atomic E-state index is 3.79. The second-order valence-electron chi connectivity index (χ2n) is 3.55. The molecule has 1 unspecified atom stereocenters. The summed E-state index contributed by atoms with van der Waals surface area (Å²) in [5.41, 5.74) is 0. The van der Waals surface area contributed by atoms with Gasteiger partial charge < -0.3 is 0 Å². The first-order chi connectivity index (χ1) is 7.83. The third kappa shape index (κ3) is 2.12. The fourth-order valence-electron chi connectivity index (χ4n) is 1.64. The Bertz CT molecular complexity index is 548. The molecule has 0 bridgehead atoms. The van der Waals surface area contributed by atoms with Gasteiger partial charge in [-0.05, 0) is 35.4 Å². The highest BCUT2D eigenvalue weighted by molar-refractivity contribution is 9.09. The van der Waals surface area contributed by atoms with Gasteiger partial charge in [0.05, 0.1) is 4.83 Å². The van der Waals surface area contributed by atoms with Gasteiger partial charge in [-0.15, -0.1) is 34.0 Å². The number of hydrogen-bond donors (Lipinski definition) is 0. The Kier molecular flexibility index (Phi) is 3.16. The minimum Gasteiger partial charge on any atom is -0.149 e. The Balaban J connectivity index is 1.84. The van der Waals surface area contributed by atoms with Gasteiger partial charge in [-0.3, -0.25) is 0 Å². The van der Waals surface area contributed by atoms with E-state index in [2.05, 4.69) is 51.0 Å². The maximum atomic E-state index is 3.79. The van der Waals surface area contributed by atoms with Crippen molar-refractivity contribution in [2.45, 2.75) is 11.2 Å². The van der Waals surface area contributed by atoms with Crippen molar-refractivity contribution in [1.82, 2.24) is 0 Å². The summed E-state index contributed by atoms with van der Waals surface area (Å²) < 4.78 is 2.83. The predicted octanol–water partition coefficient (Wildman–Crippen LogP) is 5.70. The smallest absolute Gasteiger partial charge is 0.0538 e. The fourth-order valence-corrected chi connectivity index (χ4v) is 5.47. The second-order valence-corrected chi connectivity index (χ2v) is 7.75. The molecule has 0 N–H and O–H groups in total. The van der Waals surface area contributed by atoms with Gasteiger partial charge in [0.1, 0.15) is 0 Å². The molecule has 0 saturated carbocycles. The minimum atomic E-state index is 0.454. The molecule has 0 nitrogen and oxygen atoms in total. The molecule has 3 rings (SSSR count). The molecule has 0 amide bonds. The first kappa shape index (κ1) is 11.0. The van der Waals surface area contributed by atoms with Crippen molar-refractivity contribution in [3.8, 4) is 0 Å². The summed E-state index contributed by atoms with van der Waals surface area (Å²) in [7, 11) is 0. The Morgan fingerprint density at radius 2 is 2.06 bits per heavy atom. The van der Waals surface area contributed by atoms with Gasteiger partial charge in [0.25, 0.3) is 0 Å². The van der Waals surface area contributed by atoms with Crippen molar-refractivity contribution in [3.63, 3.8) is 0 Å². The van der Waals surface area contributed by atoms with Gasteiger partial charge in [-0.2, -0.15) is 0 Å². The molecule has 4 heteroatoms. The first-order valence-electron chi connectivity index (χ1n) is 4.96. The average molecular weight is 329 g/mol. The van der Waals surface area contributed by atoms with E-state index in [1.807, 2.05) is 34.0 Å². The van der Waals surface area contributed by atoms with Crippen molar-refractivity contribution in [2.75, 3.05) is 0 Å². The molecule has 0 spiro atoms. The van der Waals surface area contributed by atoms with Crippen LogP contribution in [-0.4, -0.2) is 0 Å². The first-order valence-corrected chi connectivity index (χ1v) is 8.45. The van der Waals surface area contributed by atoms with Crippen molar-refractivity contribution < 1.29 is 0 Å². The molecule has 82 valence electrons.